The second-order valence-electron chi connectivity index (χ2n) is 18.8. The monoisotopic (exact) mass is 1200 g/mol. The van der Waals surface area contributed by atoms with E-state index in [4.69, 9.17) is 23.7 Å². The number of nitrogens with zero attached hydrogens (tertiary/aromatic N) is 4. The van der Waals surface area contributed by atoms with Gasteiger partial charge >= 0.3 is 35.2 Å². The van der Waals surface area contributed by atoms with E-state index < -0.39 is 140 Å². The Morgan fingerprint density at radius 2 is 1.14 bits per heavy atom. The molecular formula is C48H64F4N8O19S2. The van der Waals surface area contributed by atoms with Crippen molar-refractivity contribution in [2.45, 2.75) is 124 Å². The molecule has 1 saturated carbocycles. The first-order valence-electron chi connectivity index (χ1n) is 25.5. The lowest BCUT2D eigenvalue weighted by Crippen LogP contribution is -2.41. The molecule has 2 saturated heterocycles. The number of carbonyl (C=O) groups is 8. The molecule has 2 aromatic rings. The van der Waals surface area contributed by atoms with Crippen LogP contribution in [0.5, 0.6) is 0 Å². The van der Waals surface area contributed by atoms with E-state index in [1.165, 1.54) is 18.7 Å². The number of aromatic nitrogens is 4. The molecule has 3 aliphatic rings. The van der Waals surface area contributed by atoms with E-state index in [0.29, 0.717) is 21.3 Å². The highest BCUT2D eigenvalue weighted by molar-refractivity contribution is 8.04. The molecule has 0 spiro atoms. The number of hydrogen-bond donors (Lipinski definition) is 8. The fraction of sp³-hybridized carbons (Fsp3) is 0.667. The lowest BCUT2D eigenvalue weighted by molar-refractivity contribution is -0.147. The molecule has 27 nitrogen and oxygen atoms in total. The van der Waals surface area contributed by atoms with Crippen LogP contribution >= 0.6 is 23.5 Å². The minimum Gasteiger partial charge on any atom is -0.456 e. The highest BCUT2D eigenvalue weighted by Crippen LogP contribution is 2.44. The SMILES string of the molecule is CCC(CSC1CCC1SCC(CC(=O)CCOCCC(C)=O)C(=O)NCCC(=O)OCC(=O)Nc1ccn([C@H]2O[C@@H](CO)[C@H](O)C2(F)F)c(=O)n1)C(=O)NCCC(=O)OCC(=O)Nc1ccn([C@H]2O[C@@H](CO)[C@H](O)C2(F)F)c(=O)n1. The summed E-state index contributed by atoms with van der Waals surface area (Å²) in [5.41, 5.74) is -2.57. The van der Waals surface area contributed by atoms with Crippen LogP contribution in [0.1, 0.15) is 77.7 Å². The third kappa shape index (κ3) is 18.8. The molecule has 0 radical (unpaired) electrons. The van der Waals surface area contributed by atoms with Crippen molar-refractivity contribution in [1.29, 1.82) is 0 Å². The van der Waals surface area contributed by atoms with Crippen molar-refractivity contribution in [3.8, 4) is 0 Å². The second-order valence-corrected chi connectivity index (χ2v) is 21.4. The average molecular weight is 1200 g/mol. The summed E-state index contributed by atoms with van der Waals surface area (Å²) in [5, 5.41) is 47.7. The van der Waals surface area contributed by atoms with Gasteiger partial charge in [-0.3, -0.25) is 47.5 Å². The lowest BCUT2D eigenvalue weighted by Gasteiger charge is -2.37. The first-order valence-corrected chi connectivity index (χ1v) is 27.6. The Morgan fingerprint density at radius 1 is 0.704 bits per heavy atom. The highest BCUT2D eigenvalue weighted by atomic mass is 32.2. The third-order valence-electron chi connectivity index (χ3n) is 12.8. The van der Waals surface area contributed by atoms with E-state index in [9.17, 15) is 85.9 Å². The van der Waals surface area contributed by atoms with Gasteiger partial charge in [0.2, 0.25) is 24.3 Å². The summed E-state index contributed by atoms with van der Waals surface area (Å²) < 4.78 is 83.8. The molecule has 4 amide bonds. The summed E-state index contributed by atoms with van der Waals surface area (Å²) in [6.45, 7) is -0.536. The molecular weight excluding hydrogens is 1130 g/mol. The number of nitrogens with one attached hydrogen (secondary N) is 4. The molecule has 3 fully saturated rings. The average Bonchev–Trinajstić information content (AvgIpc) is 3.87. The standard InChI is InChI=1S/C48H64F4N8O19S2/c1-3-26(41(71)53-12-6-37(67)76-21-35(65)55-33-8-14-59(45(73)57-33)43-47(49,50)39(69)29(19-61)78-43)23-80-31-4-5-32(31)81-24-27(18-28(64)11-17-75-16-10-25(2)63)42(72)54-13-7-38(68)77-22-36(66)56-34-9-15-60(46(74)58-34)44-48(51,52)40(70)30(20-62)79-44/h8-9,14-15,26-27,29-32,39-40,43-44,61-62,69-70H,3-7,10-13,16-24H2,1-2H3,(H,53,71)(H,54,72)(H,55,57,65,73)(H,56,58,66,74)/t26?,27?,29-,30-,31?,32?,39-,40-,43-,44-/m0/s1. The van der Waals surface area contributed by atoms with Gasteiger partial charge in [0.05, 0.1) is 45.2 Å². The summed E-state index contributed by atoms with van der Waals surface area (Å²) >= 11 is 3.04. The van der Waals surface area contributed by atoms with Crippen LogP contribution in [-0.4, -0.2) is 198 Å². The quantitative estimate of drug-likeness (QED) is 0.0247. The smallest absolute Gasteiger partial charge is 0.351 e. The number of alkyl halides is 4. The minimum absolute atomic E-state index is 0.0230. The maximum absolute atomic E-state index is 14.5. The molecule has 2 aromatic heterocycles. The first-order chi connectivity index (χ1) is 38.4. The summed E-state index contributed by atoms with van der Waals surface area (Å²) in [6.07, 6.45) is -9.69. The third-order valence-corrected chi connectivity index (χ3v) is 16.2. The van der Waals surface area contributed by atoms with Crippen molar-refractivity contribution in [3.63, 3.8) is 0 Å². The van der Waals surface area contributed by atoms with Gasteiger partial charge in [-0.05, 0) is 38.3 Å². The highest BCUT2D eigenvalue weighted by Gasteiger charge is 2.60. The number of rotatable bonds is 33. The molecule has 450 valence electrons. The maximum atomic E-state index is 14.5. The Hall–Kier alpha value is -5.94. The second kappa shape index (κ2) is 30.9. The molecule has 2 aliphatic heterocycles. The molecule has 33 heteroatoms. The normalized spacial score (nSPS) is 23.3. The number of hydrogen-bond acceptors (Lipinski definition) is 23. The molecule has 4 heterocycles. The van der Waals surface area contributed by atoms with E-state index in [1.807, 2.05) is 6.92 Å². The number of ether oxygens (including phenoxy) is 5. The molecule has 10 atom stereocenters. The Balaban J connectivity index is 1.01. The maximum Gasteiger partial charge on any atom is 0.351 e. The summed E-state index contributed by atoms with van der Waals surface area (Å²) in [5.74, 6) is -14.2. The molecule has 0 aromatic carbocycles. The van der Waals surface area contributed by atoms with Gasteiger partial charge in [-0.15, -0.1) is 0 Å². The predicted molar refractivity (Wildman–Crippen MR) is 275 cm³/mol. The number of aliphatic hydroxyl groups is 4. The van der Waals surface area contributed by atoms with Gasteiger partial charge in [0.25, 0.3) is 11.8 Å². The van der Waals surface area contributed by atoms with Crippen LogP contribution in [0.2, 0.25) is 0 Å². The molecule has 1 aliphatic carbocycles. The number of ketones is 2. The summed E-state index contributed by atoms with van der Waals surface area (Å²) in [6, 6.07) is 1.97. The van der Waals surface area contributed by atoms with Crippen LogP contribution in [0.3, 0.4) is 0 Å². The Labute approximate surface area is 467 Å². The summed E-state index contributed by atoms with van der Waals surface area (Å²) in [4.78, 5) is 132. The number of amides is 4. The van der Waals surface area contributed by atoms with Crippen molar-refractivity contribution in [2.24, 2.45) is 11.8 Å². The van der Waals surface area contributed by atoms with Gasteiger partial charge in [0, 0.05) is 72.7 Å². The number of thioether (sulfide) groups is 2. The number of aliphatic hydroxyl groups excluding tert-OH is 4. The van der Waals surface area contributed by atoms with Gasteiger partial charge in [-0.1, -0.05) is 6.92 Å². The van der Waals surface area contributed by atoms with Crippen LogP contribution in [-0.2, 0) is 62.0 Å². The molecule has 8 N–H and O–H groups in total. The van der Waals surface area contributed by atoms with Crippen LogP contribution < -0.4 is 32.6 Å². The van der Waals surface area contributed by atoms with Gasteiger partial charge in [0.1, 0.15) is 35.4 Å². The molecule has 0 bridgehead atoms. The van der Waals surface area contributed by atoms with Crippen LogP contribution in [0.25, 0.3) is 0 Å². The van der Waals surface area contributed by atoms with E-state index in [-0.39, 0.29) is 91.5 Å². The van der Waals surface area contributed by atoms with Crippen LogP contribution in [0.4, 0.5) is 29.2 Å². The van der Waals surface area contributed by atoms with Gasteiger partial charge in [-0.25, -0.2) is 9.59 Å². The number of halogens is 4. The zero-order valence-electron chi connectivity index (χ0n) is 43.8. The van der Waals surface area contributed by atoms with E-state index in [2.05, 4.69) is 31.2 Å². The molecule has 5 rings (SSSR count). The number of Topliss-reactive ketones (excluding diaryl/α,β-unsaturated/α-hetero) is 2. The van der Waals surface area contributed by atoms with E-state index >= 15 is 0 Å². The fourth-order valence-electron chi connectivity index (χ4n) is 8.00. The van der Waals surface area contributed by atoms with Crippen molar-refractivity contribution in [2.75, 3.05) is 74.9 Å². The largest absolute Gasteiger partial charge is 0.456 e. The molecule has 4 unspecified atom stereocenters. The van der Waals surface area contributed by atoms with Crippen molar-refractivity contribution in [1.82, 2.24) is 29.7 Å². The zero-order chi connectivity index (χ0) is 59.6. The lowest BCUT2D eigenvalue weighted by atomic mass is 9.99. The van der Waals surface area contributed by atoms with Crippen LogP contribution in [0, 0.1) is 11.8 Å². The van der Waals surface area contributed by atoms with Crippen molar-refractivity contribution in [3.05, 3.63) is 45.5 Å². The minimum atomic E-state index is -3.96. The molecule has 81 heavy (non-hydrogen) atoms. The number of anilines is 2. The Morgan fingerprint density at radius 3 is 1.53 bits per heavy atom. The van der Waals surface area contributed by atoms with Gasteiger partial charge in [0.15, 0.2) is 25.4 Å². The summed E-state index contributed by atoms with van der Waals surface area (Å²) in [7, 11) is 0. The number of carbonyl (C=O) groups excluding carboxylic acids is 8. The van der Waals surface area contributed by atoms with E-state index in [0.717, 1.165) is 37.4 Å². The number of esters is 2. The van der Waals surface area contributed by atoms with E-state index in [1.54, 1.807) is 11.8 Å². The Kier molecular flexibility index (Phi) is 25.1. The Bertz CT molecular complexity index is 2670. The zero-order valence-corrected chi connectivity index (χ0v) is 45.5. The van der Waals surface area contributed by atoms with Crippen LogP contribution in [0.15, 0.2) is 34.1 Å². The van der Waals surface area contributed by atoms with Gasteiger partial charge in [-0.2, -0.15) is 51.1 Å². The van der Waals surface area contributed by atoms with Gasteiger partial charge < -0.3 is 65.4 Å². The van der Waals surface area contributed by atoms with Crippen molar-refractivity contribution >= 4 is 82.3 Å². The van der Waals surface area contributed by atoms with Crippen molar-refractivity contribution < 1.29 is 100 Å². The fourth-order valence-corrected chi connectivity index (χ4v) is 11.4. The topological polar surface area (TPSA) is 382 Å². The first kappa shape index (κ1) is 65.9. The predicted octanol–water partition coefficient (Wildman–Crippen LogP) is -0.767.